The second kappa shape index (κ2) is 4.81. The fourth-order valence-electron chi connectivity index (χ4n) is 1.75. The minimum Gasteiger partial charge on any atom is -0.454 e. The molecular weight excluding hydrogens is 355 g/mol. The molecule has 0 fully saturated rings. The van der Waals surface area contributed by atoms with Crippen LogP contribution < -0.4 is 9.47 Å². The lowest BCUT2D eigenvalue weighted by Gasteiger charge is -2.07. The average molecular weight is 362 g/mol. The maximum atomic E-state index is 6.13. The van der Waals surface area contributed by atoms with E-state index in [1.54, 1.807) is 12.1 Å². The summed E-state index contributed by atoms with van der Waals surface area (Å²) in [6.45, 7) is 2.01. The molecule has 1 aliphatic heterocycles. The highest BCUT2D eigenvalue weighted by Gasteiger charge is 2.20. The quantitative estimate of drug-likeness (QED) is 0.712. The molecular formula is C12H7BrCl2N2O2. The Bertz CT molecular complexity index is 656. The van der Waals surface area contributed by atoms with Gasteiger partial charge >= 0.3 is 0 Å². The molecule has 0 atom stereocenters. The van der Waals surface area contributed by atoms with Gasteiger partial charge in [-0.1, -0.05) is 23.2 Å². The second-order valence-electron chi connectivity index (χ2n) is 3.93. The third-order valence-electron chi connectivity index (χ3n) is 2.66. The Morgan fingerprint density at radius 2 is 2.00 bits per heavy atom. The van der Waals surface area contributed by atoms with Crippen LogP contribution in [-0.4, -0.2) is 16.8 Å². The van der Waals surface area contributed by atoms with Gasteiger partial charge in [-0.15, -0.1) is 0 Å². The molecule has 0 saturated heterocycles. The number of ether oxygens (including phenoxy) is 2. The van der Waals surface area contributed by atoms with Gasteiger partial charge in [0, 0.05) is 5.56 Å². The summed E-state index contributed by atoms with van der Waals surface area (Å²) in [5, 5.41) is 0.821. The predicted octanol–water partition coefficient (Wildman–Crippen LogP) is 4.25. The highest BCUT2D eigenvalue weighted by Crippen LogP contribution is 2.42. The number of halogens is 3. The molecule has 0 saturated carbocycles. The van der Waals surface area contributed by atoms with Crippen molar-refractivity contribution in [3.63, 3.8) is 0 Å². The smallest absolute Gasteiger partial charge is 0.231 e. The first-order valence-corrected chi connectivity index (χ1v) is 6.90. The van der Waals surface area contributed by atoms with Crippen molar-refractivity contribution in [3.8, 4) is 22.9 Å². The number of aromatic nitrogens is 2. The fraction of sp³-hybridized carbons (Fsp3) is 0.167. The van der Waals surface area contributed by atoms with E-state index in [2.05, 4.69) is 25.9 Å². The fourth-order valence-corrected chi connectivity index (χ4v) is 2.41. The number of rotatable bonds is 1. The molecule has 1 aliphatic rings. The summed E-state index contributed by atoms with van der Waals surface area (Å²) in [6, 6.07) is 3.52. The zero-order valence-corrected chi connectivity index (χ0v) is 12.8. The second-order valence-corrected chi connectivity index (χ2v) is 5.49. The van der Waals surface area contributed by atoms with E-state index in [9.17, 15) is 0 Å². The van der Waals surface area contributed by atoms with E-state index in [1.165, 1.54) is 0 Å². The Labute approximate surface area is 127 Å². The standard InChI is InChI=1S/C12H7BrCl2N2O2/c1-5-9(13)11(15)17-12(16-5)6-2-7(14)10-8(3-6)18-4-19-10/h2-3H,4H2,1H3. The monoisotopic (exact) mass is 360 g/mol. The topological polar surface area (TPSA) is 44.2 Å². The number of nitrogens with zero attached hydrogens (tertiary/aromatic N) is 2. The maximum Gasteiger partial charge on any atom is 0.231 e. The maximum absolute atomic E-state index is 6.13. The number of fused-ring (bicyclic) bond motifs is 1. The van der Waals surface area contributed by atoms with Crippen LogP contribution in [0.4, 0.5) is 0 Å². The molecule has 0 spiro atoms. The first-order chi connectivity index (χ1) is 9.06. The van der Waals surface area contributed by atoms with Crippen LogP contribution in [0.2, 0.25) is 10.2 Å². The van der Waals surface area contributed by atoms with Gasteiger partial charge in [-0.3, -0.25) is 0 Å². The molecule has 0 N–H and O–H groups in total. The van der Waals surface area contributed by atoms with Gasteiger partial charge < -0.3 is 9.47 Å². The average Bonchev–Trinajstić information content (AvgIpc) is 2.84. The summed E-state index contributed by atoms with van der Waals surface area (Å²) in [4.78, 5) is 8.60. The zero-order valence-electron chi connectivity index (χ0n) is 9.71. The minimum absolute atomic E-state index is 0.166. The van der Waals surface area contributed by atoms with Crippen LogP contribution in [0.1, 0.15) is 5.69 Å². The van der Waals surface area contributed by atoms with Crippen molar-refractivity contribution < 1.29 is 9.47 Å². The van der Waals surface area contributed by atoms with Gasteiger partial charge in [-0.2, -0.15) is 0 Å². The van der Waals surface area contributed by atoms with Crippen molar-refractivity contribution in [2.24, 2.45) is 0 Å². The molecule has 19 heavy (non-hydrogen) atoms. The Kier molecular flexibility index (Phi) is 3.28. The van der Waals surface area contributed by atoms with E-state index in [0.29, 0.717) is 32.0 Å². The minimum atomic E-state index is 0.166. The molecule has 0 unspecified atom stereocenters. The van der Waals surface area contributed by atoms with Gasteiger partial charge in [0.25, 0.3) is 0 Å². The molecule has 98 valence electrons. The summed E-state index contributed by atoms with van der Waals surface area (Å²) in [6.07, 6.45) is 0. The van der Waals surface area contributed by atoms with E-state index in [4.69, 9.17) is 32.7 Å². The summed E-state index contributed by atoms with van der Waals surface area (Å²) in [7, 11) is 0. The molecule has 0 amide bonds. The molecule has 0 bridgehead atoms. The largest absolute Gasteiger partial charge is 0.454 e. The van der Waals surface area contributed by atoms with Gasteiger partial charge in [0.2, 0.25) is 6.79 Å². The molecule has 1 aromatic carbocycles. The molecule has 4 nitrogen and oxygen atoms in total. The third-order valence-corrected chi connectivity index (χ3v) is 4.39. The molecule has 3 rings (SSSR count). The van der Waals surface area contributed by atoms with Crippen LogP contribution in [0.25, 0.3) is 11.4 Å². The lowest BCUT2D eigenvalue weighted by molar-refractivity contribution is 0.174. The Morgan fingerprint density at radius 1 is 1.21 bits per heavy atom. The van der Waals surface area contributed by atoms with Crippen LogP contribution in [0.5, 0.6) is 11.5 Å². The normalized spacial score (nSPS) is 12.8. The van der Waals surface area contributed by atoms with Crippen molar-refractivity contribution in [2.45, 2.75) is 6.92 Å². The van der Waals surface area contributed by atoms with E-state index >= 15 is 0 Å². The van der Waals surface area contributed by atoms with Crippen LogP contribution in [-0.2, 0) is 0 Å². The van der Waals surface area contributed by atoms with Gasteiger partial charge in [0.1, 0.15) is 5.15 Å². The SMILES string of the molecule is Cc1nc(-c2cc(Cl)c3c(c2)OCO3)nc(Cl)c1Br. The van der Waals surface area contributed by atoms with Gasteiger partial charge in [0.05, 0.1) is 15.2 Å². The summed E-state index contributed by atoms with van der Waals surface area (Å²) in [5.74, 6) is 1.62. The van der Waals surface area contributed by atoms with E-state index in [0.717, 1.165) is 11.3 Å². The van der Waals surface area contributed by atoms with Crippen molar-refractivity contribution in [1.29, 1.82) is 0 Å². The highest BCUT2D eigenvalue weighted by molar-refractivity contribution is 9.10. The molecule has 0 radical (unpaired) electrons. The van der Waals surface area contributed by atoms with E-state index in [1.807, 2.05) is 6.92 Å². The number of benzene rings is 1. The Hall–Kier alpha value is -1.04. The molecule has 1 aromatic heterocycles. The predicted molar refractivity (Wildman–Crippen MR) is 76.0 cm³/mol. The number of aryl methyl sites for hydroxylation is 1. The molecule has 7 heteroatoms. The van der Waals surface area contributed by atoms with Gasteiger partial charge in [-0.05, 0) is 35.0 Å². The van der Waals surface area contributed by atoms with Crippen molar-refractivity contribution in [3.05, 3.63) is 32.5 Å². The van der Waals surface area contributed by atoms with Crippen molar-refractivity contribution >= 4 is 39.1 Å². The Balaban J connectivity index is 2.15. The van der Waals surface area contributed by atoms with Crippen molar-refractivity contribution in [1.82, 2.24) is 9.97 Å². The summed E-state index contributed by atoms with van der Waals surface area (Å²) < 4.78 is 11.3. The van der Waals surface area contributed by atoms with Crippen LogP contribution in [0.15, 0.2) is 16.6 Å². The number of hydrogen-bond acceptors (Lipinski definition) is 4. The molecule has 0 aliphatic carbocycles. The van der Waals surface area contributed by atoms with Crippen LogP contribution >= 0.6 is 39.1 Å². The summed E-state index contributed by atoms with van der Waals surface area (Å²) in [5.41, 5.74) is 1.48. The zero-order chi connectivity index (χ0) is 13.6. The van der Waals surface area contributed by atoms with E-state index in [-0.39, 0.29) is 6.79 Å². The van der Waals surface area contributed by atoms with Crippen LogP contribution in [0.3, 0.4) is 0 Å². The number of hydrogen-bond donors (Lipinski definition) is 0. The lowest BCUT2D eigenvalue weighted by Crippen LogP contribution is -1.94. The van der Waals surface area contributed by atoms with E-state index < -0.39 is 0 Å². The summed E-state index contributed by atoms with van der Waals surface area (Å²) >= 11 is 15.5. The molecule has 2 aromatic rings. The molecule has 2 heterocycles. The third kappa shape index (κ3) is 2.26. The van der Waals surface area contributed by atoms with Crippen LogP contribution in [0, 0.1) is 6.92 Å². The highest BCUT2D eigenvalue weighted by atomic mass is 79.9. The Morgan fingerprint density at radius 3 is 2.74 bits per heavy atom. The lowest BCUT2D eigenvalue weighted by atomic mass is 10.2. The first kappa shape index (κ1) is 13.0. The van der Waals surface area contributed by atoms with Crippen molar-refractivity contribution in [2.75, 3.05) is 6.79 Å². The first-order valence-electron chi connectivity index (χ1n) is 5.35. The van der Waals surface area contributed by atoms with Gasteiger partial charge in [-0.25, -0.2) is 9.97 Å². The van der Waals surface area contributed by atoms with Gasteiger partial charge in [0.15, 0.2) is 17.3 Å².